The van der Waals surface area contributed by atoms with Gasteiger partial charge in [0, 0.05) is 13.1 Å². The van der Waals surface area contributed by atoms with Crippen LogP contribution in [0.3, 0.4) is 0 Å². The van der Waals surface area contributed by atoms with Gasteiger partial charge in [0.15, 0.2) is 5.72 Å². The summed E-state index contributed by atoms with van der Waals surface area (Å²) in [4.78, 5) is 11.1. The van der Waals surface area contributed by atoms with Gasteiger partial charge in [-0.1, -0.05) is 0 Å². The molecule has 6 nitrogen and oxygen atoms in total. The Hall–Kier alpha value is -0.850. The number of likely N-dealkylation sites (N-methyl/N-ethyl adjacent to an activating group) is 1. The molecule has 0 aromatic heterocycles. The van der Waals surface area contributed by atoms with E-state index in [1.807, 2.05) is 7.05 Å². The maximum atomic E-state index is 11.1. The van der Waals surface area contributed by atoms with E-state index in [2.05, 4.69) is 10.6 Å². The minimum absolute atomic E-state index is 0.415. The number of nitrogens with two attached hydrogens (primary N) is 1. The molecule has 0 aromatic carbocycles. The van der Waals surface area contributed by atoms with E-state index in [1.54, 1.807) is 13.8 Å². The predicted molar refractivity (Wildman–Crippen MR) is 57.5 cm³/mol. The summed E-state index contributed by atoms with van der Waals surface area (Å²) in [5.41, 5.74) is 4.54. The maximum absolute atomic E-state index is 11.1. The number of amides is 1. The third-order valence-corrected chi connectivity index (χ3v) is 1.37. The molecule has 0 radical (unpaired) electrons. The first-order valence-electron chi connectivity index (χ1n) is 4.94. The summed E-state index contributed by atoms with van der Waals surface area (Å²) in [6.07, 6.45) is -0.528. The fourth-order valence-corrected chi connectivity index (χ4v) is 0.777. The molecule has 90 valence electrons. The molecule has 0 aliphatic heterocycles. The average Bonchev–Trinajstić information content (AvgIpc) is 2.08. The van der Waals surface area contributed by atoms with Crippen molar-refractivity contribution in [2.45, 2.75) is 19.6 Å². The van der Waals surface area contributed by atoms with Crippen molar-refractivity contribution >= 4 is 6.09 Å². The lowest BCUT2D eigenvalue weighted by molar-refractivity contribution is 0.0416. The van der Waals surface area contributed by atoms with Crippen LogP contribution in [0.4, 0.5) is 4.79 Å². The van der Waals surface area contributed by atoms with Gasteiger partial charge in [0.2, 0.25) is 0 Å². The van der Waals surface area contributed by atoms with Crippen LogP contribution in [0, 0.1) is 0 Å². The summed E-state index contributed by atoms with van der Waals surface area (Å²) < 4.78 is 10.0. The molecule has 0 aliphatic carbocycles. The smallest absolute Gasteiger partial charge is 0.408 e. The Bertz CT molecular complexity index is 180. The first kappa shape index (κ1) is 14.2. The van der Waals surface area contributed by atoms with Crippen molar-refractivity contribution in [3.05, 3.63) is 0 Å². The summed E-state index contributed by atoms with van der Waals surface area (Å²) in [5, 5.41) is 5.47. The van der Waals surface area contributed by atoms with Gasteiger partial charge in [-0.3, -0.25) is 5.73 Å². The van der Waals surface area contributed by atoms with Gasteiger partial charge in [-0.2, -0.15) is 0 Å². The van der Waals surface area contributed by atoms with E-state index in [4.69, 9.17) is 15.2 Å². The van der Waals surface area contributed by atoms with E-state index in [1.165, 1.54) is 0 Å². The second-order valence-electron chi connectivity index (χ2n) is 3.64. The van der Waals surface area contributed by atoms with Crippen LogP contribution in [0.1, 0.15) is 13.8 Å². The molecule has 0 fully saturated rings. The summed E-state index contributed by atoms with van der Waals surface area (Å²) >= 11 is 0. The molecule has 1 amide bonds. The highest BCUT2D eigenvalue weighted by Crippen LogP contribution is 1.98. The molecule has 0 saturated carbocycles. The van der Waals surface area contributed by atoms with Crippen molar-refractivity contribution < 1.29 is 14.3 Å². The minimum atomic E-state index is -0.947. The SMILES string of the molecule is CNCCOCCNC(=O)OC(C)(C)N. The van der Waals surface area contributed by atoms with E-state index < -0.39 is 11.8 Å². The lowest BCUT2D eigenvalue weighted by atomic mass is 10.3. The summed E-state index contributed by atoms with van der Waals surface area (Å²) in [6, 6.07) is 0. The Morgan fingerprint density at radius 1 is 1.33 bits per heavy atom. The fourth-order valence-electron chi connectivity index (χ4n) is 0.777. The second-order valence-corrected chi connectivity index (χ2v) is 3.64. The highest BCUT2D eigenvalue weighted by molar-refractivity contribution is 5.67. The summed E-state index contributed by atoms with van der Waals surface area (Å²) in [5.74, 6) is 0. The number of alkyl carbamates (subject to hydrolysis) is 1. The topological polar surface area (TPSA) is 85.6 Å². The molecule has 0 spiro atoms. The number of hydrogen-bond donors (Lipinski definition) is 3. The van der Waals surface area contributed by atoms with E-state index in [-0.39, 0.29) is 0 Å². The molecule has 0 rings (SSSR count). The largest absolute Gasteiger partial charge is 0.429 e. The zero-order chi connectivity index (χ0) is 11.7. The van der Waals surface area contributed by atoms with Crippen molar-refractivity contribution in [3.8, 4) is 0 Å². The first-order chi connectivity index (χ1) is 6.95. The number of carbonyl (C=O) groups is 1. The molecular formula is C9H21N3O3. The van der Waals surface area contributed by atoms with Gasteiger partial charge in [-0.05, 0) is 20.9 Å². The minimum Gasteiger partial charge on any atom is -0.429 e. The quantitative estimate of drug-likeness (QED) is 0.402. The summed E-state index contributed by atoms with van der Waals surface area (Å²) in [6.45, 7) is 5.50. The van der Waals surface area contributed by atoms with Gasteiger partial charge in [0.05, 0.1) is 13.2 Å². The number of rotatable bonds is 7. The Morgan fingerprint density at radius 2 is 1.93 bits per heavy atom. The lowest BCUT2D eigenvalue weighted by Crippen LogP contribution is -2.42. The Labute approximate surface area is 90.5 Å². The number of carbonyl (C=O) groups excluding carboxylic acids is 1. The maximum Gasteiger partial charge on any atom is 0.408 e. The third kappa shape index (κ3) is 11.1. The van der Waals surface area contributed by atoms with E-state index >= 15 is 0 Å². The Kier molecular flexibility index (Phi) is 7.02. The molecule has 15 heavy (non-hydrogen) atoms. The van der Waals surface area contributed by atoms with Crippen LogP contribution in [0.2, 0.25) is 0 Å². The van der Waals surface area contributed by atoms with E-state index in [0.717, 1.165) is 6.54 Å². The molecule has 4 N–H and O–H groups in total. The predicted octanol–water partition coefficient (Wildman–Crippen LogP) is -0.357. The average molecular weight is 219 g/mol. The normalized spacial score (nSPS) is 11.2. The van der Waals surface area contributed by atoms with Crippen molar-refractivity contribution in [1.29, 1.82) is 0 Å². The molecule has 6 heteroatoms. The molecule has 0 aromatic rings. The number of ether oxygens (including phenoxy) is 2. The second kappa shape index (κ2) is 7.44. The van der Waals surface area contributed by atoms with Gasteiger partial charge >= 0.3 is 6.09 Å². The Balaban J connectivity index is 3.32. The monoisotopic (exact) mass is 219 g/mol. The first-order valence-corrected chi connectivity index (χ1v) is 4.94. The van der Waals surface area contributed by atoms with E-state index in [9.17, 15) is 4.79 Å². The van der Waals surface area contributed by atoms with Crippen LogP contribution < -0.4 is 16.4 Å². The van der Waals surface area contributed by atoms with Crippen LogP contribution in [0.5, 0.6) is 0 Å². The molecule has 0 bridgehead atoms. The molecule has 0 unspecified atom stereocenters. The van der Waals surface area contributed by atoms with Crippen LogP contribution >= 0.6 is 0 Å². The van der Waals surface area contributed by atoms with Crippen LogP contribution in [0.25, 0.3) is 0 Å². The standard InChI is InChI=1S/C9H21N3O3/c1-9(2,10)15-8(13)12-5-7-14-6-4-11-3/h11H,4-7,10H2,1-3H3,(H,12,13). The van der Waals surface area contributed by atoms with Gasteiger partial charge in [-0.15, -0.1) is 0 Å². The number of hydrogen-bond acceptors (Lipinski definition) is 5. The molecular weight excluding hydrogens is 198 g/mol. The highest BCUT2D eigenvalue weighted by Gasteiger charge is 2.15. The molecule has 0 aliphatic rings. The number of nitrogens with one attached hydrogen (secondary N) is 2. The highest BCUT2D eigenvalue weighted by atomic mass is 16.6. The van der Waals surface area contributed by atoms with Gasteiger partial charge in [-0.25, -0.2) is 4.79 Å². The van der Waals surface area contributed by atoms with Gasteiger partial charge in [0.25, 0.3) is 0 Å². The van der Waals surface area contributed by atoms with Crippen LogP contribution in [0.15, 0.2) is 0 Å². The van der Waals surface area contributed by atoms with Crippen molar-refractivity contribution in [1.82, 2.24) is 10.6 Å². The molecule has 0 saturated heterocycles. The summed E-state index contributed by atoms with van der Waals surface area (Å²) in [7, 11) is 1.85. The van der Waals surface area contributed by atoms with Crippen molar-refractivity contribution in [2.24, 2.45) is 5.73 Å². The third-order valence-electron chi connectivity index (χ3n) is 1.37. The van der Waals surface area contributed by atoms with Crippen LogP contribution in [-0.2, 0) is 9.47 Å². The van der Waals surface area contributed by atoms with Gasteiger partial charge < -0.3 is 20.1 Å². The lowest BCUT2D eigenvalue weighted by Gasteiger charge is -2.19. The van der Waals surface area contributed by atoms with E-state index in [0.29, 0.717) is 19.8 Å². The Morgan fingerprint density at radius 3 is 2.47 bits per heavy atom. The van der Waals surface area contributed by atoms with Crippen molar-refractivity contribution in [3.63, 3.8) is 0 Å². The zero-order valence-electron chi connectivity index (χ0n) is 9.63. The van der Waals surface area contributed by atoms with Crippen molar-refractivity contribution in [2.75, 3.05) is 33.4 Å². The molecule has 0 atom stereocenters. The zero-order valence-corrected chi connectivity index (χ0v) is 9.63. The molecule has 0 heterocycles. The fraction of sp³-hybridized carbons (Fsp3) is 0.889. The van der Waals surface area contributed by atoms with Crippen LogP contribution in [-0.4, -0.2) is 45.2 Å². The van der Waals surface area contributed by atoms with Gasteiger partial charge in [0.1, 0.15) is 0 Å².